The molecule has 1 saturated heterocycles. The Morgan fingerprint density at radius 3 is 2.79 bits per heavy atom. The highest BCUT2D eigenvalue weighted by atomic mass is 16.2. The summed E-state index contributed by atoms with van der Waals surface area (Å²) in [6.07, 6.45) is 9.59. The number of hydrogen-bond acceptors (Lipinski definition) is 4. The van der Waals surface area contributed by atoms with Gasteiger partial charge >= 0.3 is 0 Å². The molecule has 154 valence electrons. The number of nitrogens with one attached hydrogen (secondary N) is 2. The lowest BCUT2D eigenvalue weighted by molar-refractivity contribution is -0.127. The summed E-state index contributed by atoms with van der Waals surface area (Å²) in [7, 11) is 0. The average Bonchev–Trinajstić information content (AvgIpc) is 3.26. The van der Waals surface area contributed by atoms with E-state index in [1.807, 2.05) is 12.1 Å². The number of hydrogen-bond donors (Lipinski definition) is 2. The number of nitrogens with zero attached hydrogens (tertiary/aromatic N) is 3. The van der Waals surface area contributed by atoms with Crippen molar-refractivity contribution in [1.82, 2.24) is 25.4 Å². The molecule has 2 aliphatic rings. The van der Waals surface area contributed by atoms with E-state index in [0.717, 1.165) is 37.2 Å². The fourth-order valence-electron chi connectivity index (χ4n) is 4.36. The maximum atomic E-state index is 12.9. The third-order valence-electron chi connectivity index (χ3n) is 6.21. The molecule has 7 heteroatoms. The normalized spacial score (nSPS) is 24.9. The Morgan fingerprint density at radius 2 is 2.03 bits per heavy atom. The van der Waals surface area contributed by atoms with Crippen LogP contribution in [0, 0.1) is 11.8 Å². The molecule has 0 radical (unpaired) electrons. The number of aromatic amines is 1. The highest BCUT2D eigenvalue weighted by molar-refractivity contribution is 5.94. The van der Waals surface area contributed by atoms with Crippen LogP contribution in [0.5, 0.6) is 0 Å². The Morgan fingerprint density at radius 1 is 1.21 bits per heavy atom. The van der Waals surface area contributed by atoms with E-state index in [-0.39, 0.29) is 17.7 Å². The highest BCUT2D eigenvalue weighted by Gasteiger charge is 2.31. The predicted molar refractivity (Wildman–Crippen MR) is 110 cm³/mol. The van der Waals surface area contributed by atoms with Gasteiger partial charge in [-0.1, -0.05) is 6.92 Å². The van der Waals surface area contributed by atoms with Crippen LogP contribution < -0.4 is 5.32 Å². The van der Waals surface area contributed by atoms with Crippen molar-refractivity contribution in [3.05, 3.63) is 36.3 Å². The third-order valence-corrected chi connectivity index (χ3v) is 6.21. The first kappa shape index (κ1) is 19.6. The lowest BCUT2D eigenvalue weighted by atomic mass is 9.87. The van der Waals surface area contributed by atoms with Gasteiger partial charge in [-0.15, -0.1) is 0 Å². The van der Waals surface area contributed by atoms with E-state index in [4.69, 9.17) is 0 Å². The van der Waals surface area contributed by atoms with Crippen molar-refractivity contribution in [3.63, 3.8) is 0 Å². The van der Waals surface area contributed by atoms with Crippen LogP contribution in [0.15, 0.2) is 30.6 Å². The Hall–Kier alpha value is -2.70. The van der Waals surface area contributed by atoms with E-state index in [1.54, 1.807) is 23.4 Å². The van der Waals surface area contributed by atoms with Gasteiger partial charge in [0, 0.05) is 37.1 Å². The number of likely N-dealkylation sites (tertiary alicyclic amines) is 1. The van der Waals surface area contributed by atoms with Crippen molar-refractivity contribution in [3.8, 4) is 11.3 Å². The summed E-state index contributed by atoms with van der Waals surface area (Å²) in [6.45, 7) is 3.41. The van der Waals surface area contributed by atoms with Crippen molar-refractivity contribution in [2.45, 2.75) is 51.5 Å². The fraction of sp³-hybridized carbons (Fsp3) is 0.545. The lowest BCUT2D eigenvalue weighted by Gasteiger charge is -2.33. The van der Waals surface area contributed by atoms with Crippen LogP contribution in [-0.2, 0) is 4.79 Å². The molecule has 2 aromatic heterocycles. The molecule has 2 fully saturated rings. The summed E-state index contributed by atoms with van der Waals surface area (Å²) in [5.74, 6) is 0.629. The maximum Gasteiger partial charge on any atom is 0.271 e. The van der Waals surface area contributed by atoms with Gasteiger partial charge in [-0.05, 0) is 62.6 Å². The minimum absolute atomic E-state index is 0.0997. The molecule has 1 saturated carbocycles. The Balaban J connectivity index is 1.36. The number of pyridine rings is 1. The van der Waals surface area contributed by atoms with Crippen LogP contribution in [-0.4, -0.2) is 51.0 Å². The van der Waals surface area contributed by atoms with Crippen LogP contribution in [0.25, 0.3) is 11.3 Å². The second-order valence-electron chi connectivity index (χ2n) is 8.46. The Kier molecular flexibility index (Phi) is 5.92. The number of aromatic nitrogens is 3. The summed E-state index contributed by atoms with van der Waals surface area (Å²) in [5.41, 5.74) is 2.01. The zero-order chi connectivity index (χ0) is 20.2. The number of amides is 2. The van der Waals surface area contributed by atoms with Gasteiger partial charge in [0.1, 0.15) is 5.69 Å². The number of carbonyl (C=O) groups excluding carboxylic acids is 2. The number of rotatable bonds is 4. The van der Waals surface area contributed by atoms with Gasteiger partial charge in [0.15, 0.2) is 0 Å². The van der Waals surface area contributed by atoms with Gasteiger partial charge in [-0.3, -0.25) is 19.7 Å². The summed E-state index contributed by atoms with van der Waals surface area (Å²) in [6, 6.07) is 5.79. The first-order chi connectivity index (χ1) is 14.1. The summed E-state index contributed by atoms with van der Waals surface area (Å²) in [5, 5.41) is 10.3. The molecular weight excluding hydrogens is 366 g/mol. The Bertz CT molecular complexity index is 842. The molecule has 2 aromatic rings. The molecule has 29 heavy (non-hydrogen) atoms. The molecule has 2 N–H and O–H groups in total. The average molecular weight is 396 g/mol. The van der Waals surface area contributed by atoms with Crippen LogP contribution in [0.3, 0.4) is 0 Å². The van der Waals surface area contributed by atoms with E-state index in [1.165, 1.54) is 12.8 Å². The lowest BCUT2D eigenvalue weighted by Crippen LogP contribution is -2.48. The molecule has 1 aliphatic heterocycles. The Labute approximate surface area is 171 Å². The third kappa shape index (κ3) is 4.66. The molecule has 7 nitrogen and oxygen atoms in total. The van der Waals surface area contributed by atoms with Crippen molar-refractivity contribution in [1.29, 1.82) is 0 Å². The van der Waals surface area contributed by atoms with Crippen LogP contribution in [0.2, 0.25) is 0 Å². The van der Waals surface area contributed by atoms with Gasteiger partial charge in [-0.25, -0.2) is 0 Å². The molecule has 4 rings (SSSR count). The van der Waals surface area contributed by atoms with Crippen LogP contribution in [0.1, 0.15) is 55.9 Å². The molecule has 1 aliphatic carbocycles. The van der Waals surface area contributed by atoms with Crippen molar-refractivity contribution >= 4 is 11.8 Å². The van der Waals surface area contributed by atoms with Gasteiger partial charge in [0.05, 0.1) is 11.6 Å². The zero-order valence-corrected chi connectivity index (χ0v) is 16.9. The number of H-pyrrole nitrogens is 1. The van der Waals surface area contributed by atoms with Crippen molar-refractivity contribution in [2.24, 2.45) is 11.8 Å². The molecule has 0 aromatic carbocycles. The minimum Gasteiger partial charge on any atom is -0.353 e. The van der Waals surface area contributed by atoms with Gasteiger partial charge in [0.25, 0.3) is 5.91 Å². The van der Waals surface area contributed by atoms with Crippen LogP contribution in [0.4, 0.5) is 0 Å². The molecule has 0 spiro atoms. The van der Waals surface area contributed by atoms with Crippen molar-refractivity contribution < 1.29 is 9.59 Å². The van der Waals surface area contributed by atoms with E-state index >= 15 is 0 Å². The molecule has 1 atom stereocenters. The first-order valence-corrected chi connectivity index (χ1v) is 10.7. The SMILES string of the molecule is CC1CCC(NC(=O)[C@H]2CCCN(C(=O)c3cc(-c4cccnc4)n[nH]3)C2)CC1. The molecule has 0 bridgehead atoms. The maximum absolute atomic E-state index is 12.9. The second-order valence-corrected chi connectivity index (χ2v) is 8.46. The largest absolute Gasteiger partial charge is 0.353 e. The second kappa shape index (κ2) is 8.76. The molecular formula is C22H29N5O2. The monoisotopic (exact) mass is 395 g/mol. The quantitative estimate of drug-likeness (QED) is 0.832. The van der Waals surface area contributed by atoms with Gasteiger partial charge in [-0.2, -0.15) is 5.10 Å². The van der Waals surface area contributed by atoms with E-state index < -0.39 is 0 Å². The van der Waals surface area contributed by atoms with Crippen LogP contribution >= 0.6 is 0 Å². The minimum atomic E-state index is -0.132. The number of piperidine rings is 1. The van der Waals surface area contributed by atoms with Gasteiger partial charge in [0.2, 0.25) is 5.91 Å². The molecule has 2 amide bonds. The van der Waals surface area contributed by atoms with Gasteiger partial charge < -0.3 is 10.2 Å². The van der Waals surface area contributed by atoms with E-state index in [2.05, 4.69) is 27.4 Å². The molecule has 0 unspecified atom stereocenters. The summed E-state index contributed by atoms with van der Waals surface area (Å²) in [4.78, 5) is 31.6. The zero-order valence-electron chi connectivity index (χ0n) is 16.9. The van der Waals surface area contributed by atoms with E-state index in [9.17, 15) is 9.59 Å². The number of carbonyl (C=O) groups is 2. The predicted octanol–water partition coefficient (Wildman–Crippen LogP) is 3.02. The first-order valence-electron chi connectivity index (χ1n) is 10.7. The smallest absolute Gasteiger partial charge is 0.271 e. The summed E-state index contributed by atoms with van der Waals surface area (Å²) < 4.78 is 0. The summed E-state index contributed by atoms with van der Waals surface area (Å²) >= 11 is 0. The fourth-order valence-corrected chi connectivity index (χ4v) is 4.36. The standard InChI is InChI=1S/C22H29N5O2/c1-15-6-8-18(9-7-15)24-21(28)17-5-3-11-27(14-17)22(29)20-12-19(25-26-20)16-4-2-10-23-13-16/h2,4,10,12-13,15,17-18H,3,5-9,11,14H2,1H3,(H,24,28)(H,25,26)/t15?,17-,18?/m0/s1. The molecule has 3 heterocycles. The topological polar surface area (TPSA) is 91.0 Å². The van der Waals surface area contributed by atoms with Crippen molar-refractivity contribution in [2.75, 3.05) is 13.1 Å². The highest BCUT2D eigenvalue weighted by Crippen LogP contribution is 2.25. The van der Waals surface area contributed by atoms with E-state index in [0.29, 0.717) is 30.5 Å².